The second-order valence-electron chi connectivity index (χ2n) is 15.6. The third kappa shape index (κ3) is 21.5. The van der Waals surface area contributed by atoms with Gasteiger partial charge in [0, 0.05) is 25.2 Å². The van der Waals surface area contributed by atoms with Crippen LogP contribution in [-0.4, -0.2) is 61.6 Å². The summed E-state index contributed by atoms with van der Waals surface area (Å²) in [7, 11) is 2.33. The van der Waals surface area contributed by atoms with E-state index in [4.69, 9.17) is 9.47 Å². The van der Waals surface area contributed by atoms with E-state index in [1.807, 2.05) is 0 Å². The van der Waals surface area contributed by atoms with Gasteiger partial charge in [0.1, 0.15) is 0 Å². The minimum atomic E-state index is -0.123. The average Bonchev–Trinajstić information content (AvgIpc) is 3.63. The Bertz CT molecular complexity index is 704. The van der Waals surface area contributed by atoms with E-state index in [0.717, 1.165) is 32.8 Å². The van der Waals surface area contributed by atoms with Crippen molar-refractivity contribution < 1.29 is 9.47 Å². The number of unbranched alkanes of at least 4 members (excludes halogenated alkanes) is 24. The highest BCUT2D eigenvalue weighted by Gasteiger charge is 2.44. The molecule has 0 N–H and O–H groups in total. The molecule has 2 saturated heterocycles. The van der Waals surface area contributed by atoms with Gasteiger partial charge in [0.15, 0.2) is 0 Å². The molecule has 48 heavy (non-hydrogen) atoms. The fraction of sp³-hybridized carbons (Fsp3) is 0.909. The lowest BCUT2D eigenvalue weighted by molar-refractivity contribution is -0.209. The first kappa shape index (κ1) is 43.5. The highest BCUT2D eigenvalue weighted by Crippen LogP contribution is 2.36. The van der Waals surface area contributed by atoms with Crippen molar-refractivity contribution in [2.75, 3.05) is 39.9 Å². The zero-order valence-corrected chi connectivity index (χ0v) is 32.8. The molecule has 0 bridgehead atoms. The lowest BCUT2D eigenvalue weighted by Crippen LogP contribution is -2.64. The molecule has 0 aliphatic carbocycles. The SMILES string of the molecule is CCCCCCCC/C=C\CCCCCCCCC1(CCCCCCCC/C=C\CCCCCCCC)CN(C)CCN1C1OCCO1. The van der Waals surface area contributed by atoms with E-state index < -0.39 is 0 Å². The molecule has 0 aromatic carbocycles. The third-order valence-corrected chi connectivity index (χ3v) is 11.1. The quantitative estimate of drug-likeness (QED) is 0.0512. The van der Waals surface area contributed by atoms with Gasteiger partial charge in [0.05, 0.1) is 13.2 Å². The van der Waals surface area contributed by atoms with Gasteiger partial charge in [-0.15, -0.1) is 0 Å². The fourth-order valence-corrected chi connectivity index (χ4v) is 8.02. The number of allylic oxidation sites excluding steroid dienone is 4. The normalized spacial score (nSPS) is 17.9. The smallest absolute Gasteiger partial charge is 0.219 e. The van der Waals surface area contributed by atoms with Gasteiger partial charge >= 0.3 is 0 Å². The predicted octanol–water partition coefficient (Wildman–Crippen LogP) is 13.2. The molecule has 0 saturated carbocycles. The highest BCUT2D eigenvalue weighted by atomic mass is 16.7. The summed E-state index contributed by atoms with van der Waals surface area (Å²) in [4.78, 5) is 5.22. The van der Waals surface area contributed by atoms with Gasteiger partial charge in [-0.25, -0.2) is 4.90 Å². The summed E-state index contributed by atoms with van der Waals surface area (Å²) in [5.74, 6) is 0. The molecule has 0 atom stereocenters. The number of likely N-dealkylation sites (N-methyl/N-ethyl adjacent to an activating group) is 1. The van der Waals surface area contributed by atoms with E-state index in [0.29, 0.717) is 0 Å². The van der Waals surface area contributed by atoms with Crippen molar-refractivity contribution in [3.63, 3.8) is 0 Å². The van der Waals surface area contributed by atoms with Crippen LogP contribution >= 0.6 is 0 Å². The van der Waals surface area contributed by atoms with E-state index in [-0.39, 0.29) is 12.0 Å². The van der Waals surface area contributed by atoms with Crippen molar-refractivity contribution >= 4 is 0 Å². The van der Waals surface area contributed by atoms with Gasteiger partial charge in [0.25, 0.3) is 0 Å². The monoisotopic (exact) mass is 673 g/mol. The maximum Gasteiger partial charge on any atom is 0.219 e. The van der Waals surface area contributed by atoms with Gasteiger partial charge in [-0.3, -0.25) is 0 Å². The Hall–Kier alpha value is -0.680. The van der Waals surface area contributed by atoms with Crippen molar-refractivity contribution in [2.45, 2.75) is 218 Å². The molecule has 0 radical (unpaired) electrons. The summed E-state index contributed by atoms with van der Waals surface area (Å²) >= 11 is 0. The summed E-state index contributed by atoms with van der Waals surface area (Å²) < 4.78 is 12.2. The number of rotatable bonds is 33. The molecule has 0 aromatic rings. The standard InChI is InChI=1S/C44H84N2O2/c1-4-6-8-10-12-14-16-18-20-22-24-26-28-30-32-34-36-44(42-45(3)38-39-46(44)43-47-40-41-48-43)37-35-33-31-29-27-25-23-21-19-17-15-13-11-9-7-5-2/h18-21,43H,4-17,22-42H2,1-3H3/b20-18-,21-19-. The average molecular weight is 673 g/mol. The van der Waals surface area contributed by atoms with Crippen LogP contribution in [0.15, 0.2) is 24.3 Å². The van der Waals surface area contributed by atoms with Crippen molar-refractivity contribution in [1.29, 1.82) is 0 Å². The molecule has 0 aromatic heterocycles. The molecule has 2 aliphatic rings. The first-order chi connectivity index (χ1) is 23.7. The largest absolute Gasteiger partial charge is 0.337 e. The molecular formula is C44H84N2O2. The van der Waals surface area contributed by atoms with Crippen molar-refractivity contribution in [3.8, 4) is 0 Å². The first-order valence-electron chi connectivity index (χ1n) is 21.7. The van der Waals surface area contributed by atoms with Crippen LogP contribution in [0.1, 0.15) is 206 Å². The lowest BCUT2D eigenvalue weighted by atomic mass is 9.82. The van der Waals surface area contributed by atoms with Crippen LogP contribution in [0.25, 0.3) is 0 Å². The van der Waals surface area contributed by atoms with Gasteiger partial charge in [-0.1, -0.05) is 167 Å². The zero-order chi connectivity index (χ0) is 34.2. The first-order valence-corrected chi connectivity index (χ1v) is 21.7. The van der Waals surface area contributed by atoms with Gasteiger partial charge in [0.2, 0.25) is 6.41 Å². The number of hydrogen-bond donors (Lipinski definition) is 0. The van der Waals surface area contributed by atoms with E-state index >= 15 is 0 Å². The van der Waals surface area contributed by atoms with Crippen LogP contribution in [-0.2, 0) is 9.47 Å². The molecule has 2 aliphatic heterocycles. The van der Waals surface area contributed by atoms with E-state index in [1.54, 1.807) is 0 Å². The Morgan fingerprint density at radius 3 is 1.23 bits per heavy atom. The van der Waals surface area contributed by atoms with E-state index in [2.05, 4.69) is 55.0 Å². The highest BCUT2D eigenvalue weighted by molar-refractivity contribution is 4.97. The second kappa shape index (κ2) is 31.1. The minimum Gasteiger partial charge on any atom is -0.337 e. The summed E-state index contributed by atoms with van der Waals surface area (Å²) in [6.45, 7) is 9.43. The van der Waals surface area contributed by atoms with Crippen molar-refractivity contribution in [1.82, 2.24) is 9.80 Å². The molecule has 0 amide bonds. The molecule has 282 valence electrons. The van der Waals surface area contributed by atoms with Crippen LogP contribution < -0.4 is 0 Å². The van der Waals surface area contributed by atoms with Crippen molar-refractivity contribution in [3.05, 3.63) is 24.3 Å². The molecular weight excluding hydrogens is 588 g/mol. The molecule has 4 heteroatoms. The topological polar surface area (TPSA) is 24.9 Å². The summed E-state index contributed by atoms with van der Waals surface area (Å²) in [5, 5.41) is 0. The van der Waals surface area contributed by atoms with Crippen LogP contribution in [0, 0.1) is 0 Å². The lowest BCUT2D eigenvalue weighted by Gasteiger charge is -2.52. The van der Waals surface area contributed by atoms with Crippen molar-refractivity contribution in [2.24, 2.45) is 0 Å². The summed E-state index contributed by atoms with van der Waals surface area (Å²) in [6, 6.07) is 0. The Kier molecular flexibility index (Phi) is 28.2. The van der Waals surface area contributed by atoms with Gasteiger partial charge in [-0.05, 0) is 71.3 Å². The fourth-order valence-electron chi connectivity index (χ4n) is 8.02. The zero-order valence-electron chi connectivity index (χ0n) is 32.8. The Morgan fingerprint density at radius 2 is 0.833 bits per heavy atom. The molecule has 0 spiro atoms. The van der Waals surface area contributed by atoms with E-state index in [9.17, 15) is 0 Å². The van der Waals surface area contributed by atoms with Crippen LogP contribution in [0.5, 0.6) is 0 Å². The third-order valence-electron chi connectivity index (χ3n) is 11.1. The molecule has 4 nitrogen and oxygen atoms in total. The summed E-state index contributed by atoms with van der Waals surface area (Å²) in [6.07, 6.45) is 50.7. The molecule has 2 rings (SSSR count). The predicted molar refractivity (Wildman–Crippen MR) is 211 cm³/mol. The van der Waals surface area contributed by atoms with Crippen LogP contribution in [0.4, 0.5) is 0 Å². The molecule has 0 unspecified atom stereocenters. The van der Waals surface area contributed by atoms with E-state index in [1.165, 1.54) is 193 Å². The number of hydrogen-bond acceptors (Lipinski definition) is 4. The summed E-state index contributed by atoms with van der Waals surface area (Å²) in [5.41, 5.74) is 0.198. The second-order valence-corrected chi connectivity index (χ2v) is 15.6. The Labute approximate surface area is 301 Å². The molecule has 2 heterocycles. The number of nitrogens with zero attached hydrogens (tertiary/aromatic N) is 2. The Morgan fingerprint density at radius 1 is 0.479 bits per heavy atom. The van der Waals surface area contributed by atoms with Gasteiger partial charge < -0.3 is 14.4 Å². The Balaban J connectivity index is 1.60. The van der Waals surface area contributed by atoms with Crippen LogP contribution in [0.3, 0.4) is 0 Å². The van der Waals surface area contributed by atoms with Crippen LogP contribution in [0.2, 0.25) is 0 Å². The number of ether oxygens (including phenoxy) is 2. The maximum absolute atomic E-state index is 6.12. The molecule has 2 fully saturated rings. The van der Waals surface area contributed by atoms with Gasteiger partial charge in [-0.2, -0.15) is 0 Å². The number of piperazine rings is 1. The maximum atomic E-state index is 6.12. The minimum absolute atomic E-state index is 0.123.